The first-order chi connectivity index (χ1) is 20.3. The lowest BCUT2D eigenvalue weighted by Gasteiger charge is -2.29. The lowest BCUT2D eigenvalue weighted by Crippen LogP contribution is -2.12. The zero-order chi connectivity index (χ0) is 27.6. The first-order valence-electron chi connectivity index (χ1n) is 14.0. The van der Waals surface area contributed by atoms with Crippen molar-refractivity contribution >= 4 is 50.0 Å². The number of hydrogen-bond donors (Lipinski definition) is 0. The highest BCUT2D eigenvalue weighted by Crippen LogP contribution is 2.42. The molecule has 0 aliphatic carbocycles. The van der Waals surface area contributed by atoms with Crippen molar-refractivity contribution in [1.82, 2.24) is 0 Å². The zero-order valence-electron chi connectivity index (χ0n) is 23.0. The minimum Gasteiger partial charge on any atom is -0.345 e. The lowest BCUT2D eigenvalue weighted by molar-refractivity contribution is 1.20. The molecule has 2 nitrogen and oxygen atoms in total. The third-order valence-electron chi connectivity index (χ3n) is 7.87. The van der Waals surface area contributed by atoms with Gasteiger partial charge < -0.3 is 9.80 Å². The molecule has 0 saturated heterocycles. The average molecular weight is 527 g/mol. The number of rotatable bonds is 6. The Hall–Kier alpha value is -5.34. The normalized spacial score (nSPS) is 11.0. The van der Waals surface area contributed by atoms with Crippen LogP contribution in [0.1, 0.15) is 0 Å². The number of hydrogen-bond acceptors (Lipinski definition) is 2. The minimum absolute atomic E-state index is 1.12. The summed E-state index contributed by atoms with van der Waals surface area (Å²) in [6, 6.07) is 58.5. The number of anilines is 5. The van der Waals surface area contributed by atoms with Crippen LogP contribution >= 0.6 is 0 Å². The van der Waals surface area contributed by atoms with Crippen LogP contribution in [0.2, 0.25) is 0 Å². The predicted molar refractivity (Wildman–Crippen MR) is 176 cm³/mol. The molecule has 2 heteroatoms. The molecule has 0 atom stereocenters. The van der Waals surface area contributed by atoms with Gasteiger partial charge >= 0.3 is 0 Å². The summed E-state index contributed by atoms with van der Waals surface area (Å²) in [5.74, 6) is 0. The summed E-state index contributed by atoms with van der Waals surface area (Å²) in [7, 11) is 2.12. The molecule has 7 rings (SSSR count). The van der Waals surface area contributed by atoms with E-state index in [9.17, 15) is 0 Å². The van der Waals surface area contributed by atoms with Gasteiger partial charge in [-0.05, 0) is 70.4 Å². The van der Waals surface area contributed by atoms with Crippen molar-refractivity contribution in [2.45, 2.75) is 0 Å². The molecule has 0 saturated carbocycles. The maximum atomic E-state index is 2.39. The Balaban J connectivity index is 1.29. The summed E-state index contributed by atoms with van der Waals surface area (Å²) in [6.45, 7) is 0. The molecule has 0 fully saturated rings. The van der Waals surface area contributed by atoms with Gasteiger partial charge in [0.2, 0.25) is 0 Å². The highest BCUT2D eigenvalue weighted by atomic mass is 15.1. The summed E-state index contributed by atoms with van der Waals surface area (Å²) in [6.07, 6.45) is 0. The van der Waals surface area contributed by atoms with E-state index in [1.54, 1.807) is 0 Å². The van der Waals surface area contributed by atoms with Gasteiger partial charge in [-0.15, -0.1) is 0 Å². The van der Waals surface area contributed by atoms with Crippen molar-refractivity contribution in [2.75, 3.05) is 16.8 Å². The van der Waals surface area contributed by atoms with Gasteiger partial charge in [-0.3, -0.25) is 0 Å². The molecule has 0 aromatic heterocycles. The van der Waals surface area contributed by atoms with Crippen molar-refractivity contribution in [2.24, 2.45) is 0 Å². The molecule has 0 N–H and O–H groups in total. The number of nitrogens with zero attached hydrogens (tertiary/aromatic N) is 2. The molecule has 0 bridgehead atoms. The van der Waals surface area contributed by atoms with Gasteiger partial charge in [-0.2, -0.15) is 0 Å². The molecule has 7 aromatic carbocycles. The van der Waals surface area contributed by atoms with E-state index in [-0.39, 0.29) is 0 Å². The second-order valence-electron chi connectivity index (χ2n) is 10.3. The standard InChI is InChI=1S/C39H30N2/c1-40(33-23-21-30(22-24-33)29-11-3-2-4-12-29)34-25-27-35(28-26-34)41(38-19-9-15-31-13-5-7-17-36(31)38)39-20-10-16-32-14-6-8-18-37(32)39/h2-28H,1H3. The molecule has 0 heterocycles. The molecular weight excluding hydrogens is 496 g/mol. The quantitative estimate of drug-likeness (QED) is 0.213. The van der Waals surface area contributed by atoms with E-state index in [2.05, 4.69) is 181 Å². The van der Waals surface area contributed by atoms with Gasteiger partial charge in [0.1, 0.15) is 0 Å². The first kappa shape index (κ1) is 24.7. The topological polar surface area (TPSA) is 6.48 Å². The van der Waals surface area contributed by atoms with Crippen LogP contribution < -0.4 is 9.80 Å². The molecule has 0 radical (unpaired) electrons. The lowest BCUT2D eigenvalue weighted by atomic mass is 10.0. The Kier molecular flexibility index (Phi) is 6.42. The Morgan fingerprint density at radius 1 is 0.341 bits per heavy atom. The van der Waals surface area contributed by atoms with E-state index >= 15 is 0 Å². The Bertz CT molecular complexity index is 1850. The molecule has 196 valence electrons. The summed E-state index contributed by atoms with van der Waals surface area (Å²) in [4.78, 5) is 4.63. The highest BCUT2D eigenvalue weighted by molar-refractivity contribution is 6.04. The Morgan fingerprint density at radius 2 is 0.756 bits per heavy atom. The van der Waals surface area contributed by atoms with Crippen LogP contribution in [0.5, 0.6) is 0 Å². The van der Waals surface area contributed by atoms with Crippen LogP contribution in [-0.4, -0.2) is 7.05 Å². The van der Waals surface area contributed by atoms with E-state index in [0.717, 1.165) is 28.4 Å². The summed E-state index contributed by atoms with van der Waals surface area (Å²) in [5.41, 5.74) is 8.18. The largest absolute Gasteiger partial charge is 0.345 e. The number of fused-ring (bicyclic) bond motifs is 2. The molecule has 0 aliphatic heterocycles. The second kappa shape index (κ2) is 10.7. The van der Waals surface area contributed by atoms with Crippen molar-refractivity contribution < 1.29 is 0 Å². The maximum Gasteiger partial charge on any atom is 0.0540 e. The maximum absolute atomic E-state index is 2.39. The third kappa shape index (κ3) is 4.70. The van der Waals surface area contributed by atoms with Gasteiger partial charge in [0.05, 0.1) is 11.4 Å². The highest BCUT2D eigenvalue weighted by Gasteiger charge is 2.18. The fourth-order valence-corrected chi connectivity index (χ4v) is 5.70. The molecule has 0 spiro atoms. The summed E-state index contributed by atoms with van der Waals surface area (Å²) in [5, 5.41) is 4.90. The van der Waals surface area contributed by atoms with Crippen LogP contribution in [0, 0.1) is 0 Å². The van der Waals surface area contributed by atoms with E-state index in [0.29, 0.717) is 0 Å². The van der Waals surface area contributed by atoms with Gasteiger partial charge in [-0.1, -0.05) is 115 Å². The van der Waals surface area contributed by atoms with Crippen molar-refractivity contribution in [1.29, 1.82) is 0 Å². The predicted octanol–water partition coefficient (Wildman–Crippen LogP) is 10.9. The van der Waals surface area contributed by atoms with Crippen molar-refractivity contribution in [3.05, 3.63) is 164 Å². The van der Waals surface area contributed by atoms with Crippen molar-refractivity contribution in [3.8, 4) is 11.1 Å². The van der Waals surface area contributed by atoms with E-state index in [1.807, 2.05) is 0 Å². The van der Waals surface area contributed by atoms with Crippen LogP contribution in [0.15, 0.2) is 164 Å². The van der Waals surface area contributed by atoms with Gasteiger partial charge in [0.15, 0.2) is 0 Å². The van der Waals surface area contributed by atoms with Gasteiger partial charge in [0.25, 0.3) is 0 Å². The van der Waals surface area contributed by atoms with Gasteiger partial charge in [-0.25, -0.2) is 0 Å². The average Bonchev–Trinajstić information content (AvgIpc) is 3.05. The molecule has 0 amide bonds. The fourth-order valence-electron chi connectivity index (χ4n) is 5.70. The van der Waals surface area contributed by atoms with E-state index in [4.69, 9.17) is 0 Å². The van der Waals surface area contributed by atoms with Crippen LogP contribution in [-0.2, 0) is 0 Å². The fraction of sp³-hybridized carbons (Fsp3) is 0.0256. The molecule has 41 heavy (non-hydrogen) atoms. The minimum atomic E-state index is 1.12. The summed E-state index contributed by atoms with van der Waals surface area (Å²) < 4.78 is 0. The summed E-state index contributed by atoms with van der Waals surface area (Å²) >= 11 is 0. The third-order valence-corrected chi connectivity index (χ3v) is 7.87. The molecule has 7 aromatic rings. The monoisotopic (exact) mass is 526 g/mol. The van der Waals surface area contributed by atoms with Crippen LogP contribution in [0.3, 0.4) is 0 Å². The SMILES string of the molecule is CN(c1ccc(-c2ccccc2)cc1)c1ccc(N(c2cccc3ccccc23)c2cccc3ccccc23)cc1. The van der Waals surface area contributed by atoms with Crippen LogP contribution in [0.4, 0.5) is 28.4 Å². The van der Waals surface area contributed by atoms with E-state index in [1.165, 1.54) is 32.7 Å². The van der Waals surface area contributed by atoms with Gasteiger partial charge in [0, 0.05) is 34.9 Å². The van der Waals surface area contributed by atoms with E-state index < -0.39 is 0 Å². The van der Waals surface area contributed by atoms with Crippen LogP contribution in [0.25, 0.3) is 32.7 Å². The first-order valence-corrected chi connectivity index (χ1v) is 14.0. The molecule has 0 aliphatic rings. The number of benzene rings is 7. The molecular formula is C39H30N2. The van der Waals surface area contributed by atoms with Crippen molar-refractivity contribution in [3.63, 3.8) is 0 Å². The molecule has 0 unspecified atom stereocenters. The Morgan fingerprint density at radius 3 is 1.32 bits per heavy atom. The second-order valence-corrected chi connectivity index (χ2v) is 10.3. The Labute approximate surface area is 241 Å². The zero-order valence-corrected chi connectivity index (χ0v) is 23.0. The smallest absolute Gasteiger partial charge is 0.0540 e.